The van der Waals surface area contributed by atoms with Crippen LogP contribution in [0.2, 0.25) is 5.15 Å². The van der Waals surface area contributed by atoms with E-state index in [0.717, 1.165) is 48.2 Å². The van der Waals surface area contributed by atoms with Crippen LogP contribution in [-0.4, -0.2) is 36.7 Å². The van der Waals surface area contributed by atoms with Crippen LogP contribution in [0.1, 0.15) is 61.4 Å². The van der Waals surface area contributed by atoms with E-state index in [9.17, 15) is 4.79 Å². The van der Waals surface area contributed by atoms with Crippen molar-refractivity contribution < 1.29 is 4.79 Å². The first-order valence-corrected chi connectivity index (χ1v) is 10.1. The van der Waals surface area contributed by atoms with Gasteiger partial charge in [-0.2, -0.15) is 5.10 Å². The van der Waals surface area contributed by atoms with Gasteiger partial charge in [-0.3, -0.25) is 9.48 Å². The van der Waals surface area contributed by atoms with Gasteiger partial charge < -0.3 is 4.90 Å². The van der Waals surface area contributed by atoms with Gasteiger partial charge in [-0.1, -0.05) is 25.4 Å². The van der Waals surface area contributed by atoms with Crippen LogP contribution in [0.5, 0.6) is 0 Å². The van der Waals surface area contributed by atoms with Crippen LogP contribution >= 0.6 is 11.6 Å². The van der Waals surface area contributed by atoms with Crippen molar-refractivity contribution >= 4 is 28.8 Å². The van der Waals surface area contributed by atoms with Crippen LogP contribution in [0, 0.1) is 12.8 Å². The number of rotatable bonds is 5. The van der Waals surface area contributed by atoms with Gasteiger partial charge in [0.25, 0.3) is 0 Å². The number of hydrogen-bond donors (Lipinski definition) is 0. The Morgan fingerprint density at radius 3 is 2.82 bits per heavy atom. The minimum absolute atomic E-state index is 0.0519. The number of anilines is 1. The van der Waals surface area contributed by atoms with Gasteiger partial charge in [0.1, 0.15) is 16.7 Å². The zero-order valence-corrected chi connectivity index (χ0v) is 17.4. The number of nitrogens with zero attached hydrogens (tertiary/aromatic N) is 6. The Morgan fingerprint density at radius 2 is 2.11 bits per heavy atom. The first-order valence-electron chi connectivity index (χ1n) is 9.72. The molecule has 0 aromatic carbocycles. The molecule has 1 fully saturated rings. The Labute approximate surface area is 169 Å². The van der Waals surface area contributed by atoms with Crippen molar-refractivity contribution in [3.8, 4) is 0 Å². The van der Waals surface area contributed by atoms with Crippen LogP contribution in [0.25, 0.3) is 5.65 Å². The van der Waals surface area contributed by atoms with E-state index in [4.69, 9.17) is 16.7 Å². The topological polar surface area (TPSA) is 68.3 Å². The molecule has 0 amide bonds. The van der Waals surface area contributed by atoms with E-state index in [0.29, 0.717) is 17.3 Å². The summed E-state index contributed by atoms with van der Waals surface area (Å²) in [7, 11) is 0. The second-order valence-corrected chi connectivity index (χ2v) is 8.24. The first kappa shape index (κ1) is 18.9. The summed E-state index contributed by atoms with van der Waals surface area (Å²) in [5, 5.41) is 10.1. The zero-order chi connectivity index (χ0) is 20.0. The molecule has 1 aliphatic heterocycles. The quantitative estimate of drug-likeness (QED) is 0.603. The molecular formula is C20H25ClN6O. The SMILES string of the molecule is CC(=O)c1cnc2ccc(N3CCCC3c3c(C)nn(CC(C)C)c3Cl)nn12. The minimum atomic E-state index is -0.0519. The highest BCUT2D eigenvalue weighted by Gasteiger charge is 2.32. The van der Waals surface area contributed by atoms with Gasteiger partial charge in [0.2, 0.25) is 0 Å². The Morgan fingerprint density at radius 1 is 1.32 bits per heavy atom. The zero-order valence-electron chi connectivity index (χ0n) is 16.7. The average Bonchev–Trinajstić information content (AvgIpc) is 3.32. The molecular weight excluding hydrogens is 376 g/mol. The highest BCUT2D eigenvalue weighted by Crippen LogP contribution is 2.40. The lowest BCUT2D eigenvalue weighted by Crippen LogP contribution is -2.25. The lowest BCUT2D eigenvalue weighted by molar-refractivity contribution is 0.101. The van der Waals surface area contributed by atoms with E-state index in [2.05, 4.69) is 28.8 Å². The van der Waals surface area contributed by atoms with Crippen LogP contribution in [-0.2, 0) is 6.54 Å². The molecule has 1 atom stereocenters. The molecule has 0 radical (unpaired) electrons. The largest absolute Gasteiger partial charge is 0.348 e. The summed E-state index contributed by atoms with van der Waals surface area (Å²) in [6, 6.07) is 4.00. The molecule has 0 spiro atoms. The maximum Gasteiger partial charge on any atom is 0.179 e. The van der Waals surface area contributed by atoms with Crippen LogP contribution in [0.15, 0.2) is 18.3 Å². The van der Waals surface area contributed by atoms with Crippen LogP contribution < -0.4 is 4.90 Å². The standard InChI is InChI=1S/C20H25ClN6O/c1-12(2)11-26-20(21)19(13(3)23-26)15-6-5-9-25(15)18-8-7-17-22-10-16(14(4)28)27(17)24-18/h7-8,10,12,15H,5-6,9,11H2,1-4H3. The number of ketones is 1. The predicted molar refractivity (Wildman–Crippen MR) is 109 cm³/mol. The molecule has 1 saturated heterocycles. The number of imidazole rings is 1. The van der Waals surface area contributed by atoms with Gasteiger partial charge in [-0.25, -0.2) is 9.50 Å². The Bertz CT molecular complexity index is 1040. The molecule has 28 heavy (non-hydrogen) atoms. The molecule has 1 aliphatic rings. The predicted octanol–water partition coefficient (Wildman–Crippen LogP) is 4.09. The molecule has 0 aliphatic carbocycles. The monoisotopic (exact) mass is 400 g/mol. The third-order valence-electron chi connectivity index (χ3n) is 5.24. The molecule has 3 aromatic rings. The number of carbonyl (C=O) groups excluding carboxylic acids is 1. The lowest BCUT2D eigenvalue weighted by atomic mass is 10.1. The molecule has 8 heteroatoms. The third-order valence-corrected chi connectivity index (χ3v) is 5.64. The summed E-state index contributed by atoms with van der Waals surface area (Å²) in [6.07, 6.45) is 3.63. The lowest BCUT2D eigenvalue weighted by Gasteiger charge is -2.26. The molecule has 4 heterocycles. The van der Waals surface area contributed by atoms with E-state index in [-0.39, 0.29) is 11.8 Å². The molecule has 148 valence electrons. The highest BCUT2D eigenvalue weighted by molar-refractivity contribution is 6.30. The normalized spacial score (nSPS) is 17.2. The smallest absolute Gasteiger partial charge is 0.179 e. The van der Waals surface area contributed by atoms with E-state index < -0.39 is 0 Å². The average molecular weight is 401 g/mol. The van der Waals surface area contributed by atoms with Gasteiger partial charge in [0.15, 0.2) is 11.4 Å². The summed E-state index contributed by atoms with van der Waals surface area (Å²) in [5.74, 6) is 1.24. The number of aromatic nitrogens is 5. The summed E-state index contributed by atoms with van der Waals surface area (Å²) < 4.78 is 3.54. The van der Waals surface area contributed by atoms with Crippen molar-refractivity contribution in [3.05, 3.63) is 40.4 Å². The Hall–Kier alpha value is -2.41. The number of halogens is 1. The van der Waals surface area contributed by atoms with Gasteiger partial charge in [-0.05, 0) is 37.8 Å². The number of aryl methyl sites for hydroxylation is 1. The fraction of sp³-hybridized carbons (Fsp3) is 0.500. The Kier molecular flexibility index (Phi) is 4.87. The van der Waals surface area contributed by atoms with E-state index in [1.54, 1.807) is 10.7 Å². The van der Waals surface area contributed by atoms with Gasteiger partial charge in [-0.15, -0.1) is 5.10 Å². The maximum absolute atomic E-state index is 11.9. The molecule has 0 saturated carbocycles. The fourth-order valence-corrected chi connectivity index (χ4v) is 4.38. The number of hydrogen-bond acceptors (Lipinski definition) is 5. The van der Waals surface area contributed by atoms with Crippen molar-refractivity contribution in [1.29, 1.82) is 0 Å². The number of fused-ring (bicyclic) bond motifs is 1. The van der Waals surface area contributed by atoms with Gasteiger partial charge in [0, 0.05) is 25.6 Å². The second-order valence-electron chi connectivity index (χ2n) is 7.88. The third kappa shape index (κ3) is 3.17. The highest BCUT2D eigenvalue weighted by atomic mass is 35.5. The molecule has 1 unspecified atom stereocenters. The second kappa shape index (κ2) is 7.20. The molecule has 7 nitrogen and oxygen atoms in total. The van der Waals surface area contributed by atoms with Crippen molar-refractivity contribution in [2.45, 2.75) is 53.1 Å². The minimum Gasteiger partial charge on any atom is -0.348 e. The first-order chi connectivity index (χ1) is 13.4. The van der Waals surface area contributed by atoms with Crippen molar-refractivity contribution in [2.24, 2.45) is 5.92 Å². The maximum atomic E-state index is 11.9. The Balaban J connectivity index is 1.73. The van der Waals surface area contributed by atoms with Crippen LogP contribution in [0.4, 0.5) is 5.82 Å². The summed E-state index contributed by atoms with van der Waals surface area (Å²) in [4.78, 5) is 18.4. The van der Waals surface area contributed by atoms with Crippen molar-refractivity contribution in [1.82, 2.24) is 24.4 Å². The summed E-state index contributed by atoms with van der Waals surface area (Å²) in [5.41, 5.74) is 3.21. The molecule has 4 rings (SSSR count). The van der Waals surface area contributed by atoms with Gasteiger partial charge in [0.05, 0.1) is 17.9 Å². The number of Topliss-reactive ketones (excluding diaryl/α,β-unsaturated/α-hetero) is 1. The molecule has 3 aromatic heterocycles. The van der Waals surface area contributed by atoms with Crippen molar-refractivity contribution in [2.75, 3.05) is 11.4 Å². The van der Waals surface area contributed by atoms with E-state index >= 15 is 0 Å². The molecule has 0 bridgehead atoms. The van der Waals surface area contributed by atoms with E-state index in [1.165, 1.54) is 6.92 Å². The molecule has 0 N–H and O–H groups in total. The van der Waals surface area contributed by atoms with Crippen molar-refractivity contribution in [3.63, 3.8) is 0 Å². The fourth-order valence-electron chi connectivity index (χ4n) is 4.01. The van der Waals surface area contributed by atoms with Crippen LogP contribution in [0.3, 0.4) is 0 Å². The summed E-state index contributed by atoms with van der Waals surface area (Å²) in [6.45, 7) is 9.56. The summed E-state index contributed by atoms with van der Waals surface area (Å²) >= 11 is 6.74. The van der Waals surface area contributed by atoms with Gasteiger partial charge >= 0.3 is 0 Å². The number of carbonyl (C=O) groups is 1. The van der Waals surface area contributed by atoms with E-state index in [1.807, 2.05) is 23.7 Å².